The molecule has 0 spiro atoms. The van der Waals surface area contributed by atoms with Crippen LogP contribution in [0.25, 0.3) is 0 Å². The van der Waals surface area contributed by atoms with Crippen molar-refractivity contribution in [3.63, 3.8) is 0 Å². The van der Waals surface area contributed by atoms with Crippen molar-refractivity contribution in [2.75, 3.05) is 25.4 Å². The van der Waals surface area contributed by atoms with E-state index in [0.717, 1.165) is 19.5 Å². The molecule has 2 heterocycles. The van der Waals surface area contributed by atoms with E-state index in [9.17, 15) is 5.11 Å². The summed E-state index contributed by atoms with van der Waals surface area (Å²) in [6.45, 7) is 2.60. The van der Waals surface area contributed by atoms with E-state index >= 15 is 0 Å². The van der Waals surface area contributed by atoms with Gasteiger partial charge in [-0.05, 0) is 31.0 Å². The lowest BCUT2D eigenvalue weighted by Gasteiger charge is -2.26. The van der Waals surface area contributed by atoms with Gasteiger partial charge in [0.1, 0.15) is 0 Å². The first-order valence-corrected chi connectivity index (χ1v) is 7.43. The summed E-state index contributed by atoms with van der Waals surface area (Å²) in [4.78, 5) is 3.94. The molecular weight excluding hydrogens is 230 g/mol. The minimum absolute atomic E-state index is 0.321. The number of thioether (sulfide) groups is 1. The zero-order chi connectivity index (χ0) is 11.7. The van der Waals surface area contributed by atoms with E-state index in [0.29, 0.717) is 18.6 Å². The first-order chi connectivity index (χ1) is 8.38. The average molecular weight is 249 g/mol. The molecule has 1 saturated heterocycles. The standard InChI is InChI=1S/C14H19NOS/c16-9-12-4-3-7-15(12)8-11-10-17-14-6-2-1-5-13(11)14/h1-2,5-6,11-12,16H,3-4,7-10H2/t11?,12-/m0/s1. The van der Waals surface area contributed by atoms with Crippen LogP contribution in [0.2, 0.25) is 0 Å². The van der Waals surface area contributed by atoms with Crippen LogP contribution in [0.3, 0.4) is 0 Å². The molecule has 1 unspecified atom stereocenters. The molecule has 3 rings (SSSR count). The van der Waals surface area contributed by atoms with E-state index in [1.165, 1.54) is 22.6 Å². The predicted octanol–water partition coefficient (Wildman–Crippen LogP) is 2.33. The van der Waals surface area contributed by atoms with Crippen molar-refractivity contribution in [3.05, 3.63) is 29.8 Å². The molecule has 2 atom stereocenters. The maximum Gasteiger partial charge on any atom is 0.0586 e. The number of fused-ring (bicyclic) bond motifs is 1. The van der Waals surface area contributed by atoms with Gasteiger partial charge in [-0.25, -0.2) is 0 Å². The SMILES string of the molecule is OC[C@@H]1CCCN1CC1CSc2ccccc21. The van der Waals surface area contributed by atoms with Crippen LogP contribution in [0, 0.1) is 0 Å². The fourth-order valence-corrected chi connectivity index (χ4v) is 4.25. The number of hydrogen-bond donors (Lipinski definition) is 1. The molecule has 0 aliphatic carbocycles. The molecule has 0 amide bonds. The highest BCUT2D eigenvalue weighted by Crippen LogP contribution is 2.40. The molecule has 1 aromatic carbocycles. The van der Waals surface area contributed by atoms with Gasteiger partial charge >= 0.3 is 0 Å². The van der Waals surface area contributed by atoms with E-state index in [1.807, 2.05) is 11.8 Å². The Bertz CT molecular complexity index is 396. The molecule has 0 radical (unpaired) electrons. The molecule has 1 fully saturated rings. The van der Waals surface area contributed by atoms with Crippen LogP contribution in [0.5, 0.6) is 0 Å². The Morgan fingerprint density at radius 1 is 1.35 bits per heavy atom. The maximum absolute atomic E-state index is 9.36. The minimum Gasteiger partial charge on any atom is -0.395 e. The largest absolute Gasteiger partial charge is 0.395 e. The highest BCUT2D eigenvalue weighted by molar-refractivity contribution is 7.99. The molecule has 1 N–H and O–H groups in total. The molecule has 2 aliphatic rings. The maximum atomic E-state index is 9.36. The molecule has 2 aliphatic heterocycles. The van der Waals surface area contributed by atoms with Crippen molar-refractivity contribution in [3.8, 4) is 0 Å². The van der Waals surface area contributed by atoms with Crippen LogP contribution in [0.1, 0.15) is 24.3 Å². The molecular formula is C14H19NOS. The van der Waals surface area contributed by atoms with E-state index in [4.69, 9.17) is 0 Å². The van der Waals surface area contributed by atoms with Crippen molar-refractivity contribution in [1.29, 1.82) is 0 Å². The first-order valence-electron chi connectivity index (χ1n) is 6.45. The summed E-state index contributed by atoms with van der Waals surface area (Å²) in [7, 11) is 0. The van der Waals surface area contributed by atoms with Gasteiger partial charge in [-0.2, -0.15) is 0 Å². The summed E-state index contributed by atoms with van der Waals surface area (Å²) in [5.41, 5.74) is 1.51. The summed E-state index contributed by atoms with van der Waals surface area (Å²) in [6.07, 6.45) is 2.41. The van der Waals surface area contributed by atoms with Gasteiger partial charge in [-0.3, -0.25) is 4.90 Å². The number of aliphatic hydroxyl groups excluding tert-OH is 1. The summed E-state index contributed by atoms with van der Waals surface area (Å²) in [6, 6.07) is 9.18. The smallest absolute Gasteiger partial charge is 0.0586 e. The fourth-order valence-electron chi connectivity index (χ4n) is 3.01. The quantitative estimate of drug-likeness (QED) is 0.889. The van der Waals surface area contributed by atoms with Gasteiger partial charge in [0.2, 0.25) is 0 Å². The van der Waals surface area contributed by atoms with Crippen molar-refractivity contribution >= 4 is 11.8 Å². The van der Waals surface area contributed by atoms with Gasteiger partial charge in [0.05, 0.1) is 6.61 Å². The van der Waals surface area contributed by atoms with Gasteiger partial charge in [0.25, 0.3) is 0 Å². The lowest BCUT2D eigenvalue weighted by molar-refractivity contribution is 0.154. The fraction of sp³-hybridized carbons (Fsp3) is 0.571. The Morgan fingerprint density at radius 2 is 2.24 bits per heavy atom. The number of likely N-dealkylation sites (tertiary alicyclic amines) is 1. The van der Waals surface area contributed by atoms with Gasteiger partial charge in [0.15, 0.2) is 0 Å². The van der Waals surface area contributed by atoms with Crippen molar-refractivity contribution in [2.24, 2.45) is 0 Å². The van der Waals surface area contributed by atoms with Gasteiger partial charge in [0, 0.05) is 29.2 Å². The molecule has 92 valence electrons. The van der Waals surface area contributed by atoms with Gasteiger partial charge in [-0.15, -0.1) is 11.8 Å². The molecule has 0 bridgehead atoms. The van der Waals surface area contributed by atoms with Crippen LogP contribution < -0.4 is 0 Å². The van der Waals surface area contributed by atoms with Gasteiger partial charge in [-0.1, -0.05) is 18.2 Å². The van der Waals surface area contributed by atoms with Crippen LogP contribution in [-0.2, 0) is 0 Å². The van der Waals surface area contributed by atoms with E-state index in [2.05, 4.69) is 29.2 Å². The highest BCUT2D eigenvalue weighted by atomic mass is 32.2. The first kappa shape index (κ1) is 11.6. The number of hydrogen-bond acceptors (Lipinski definition) is 3. The molecule has 1 aromatic rings. The molecule has 0 saturated carbocycles. The number of benzene rings is 1. The van der Waals surface area contributed by atoms with Crippen LogP contribution in [0.15, 0.2) is 29.2 Å². The summed E-state index contributed by atoms with van der Waals surface area (Å²) in [5, 5.41) is 9.36. The summed E-state index contributed by atoms with van der Waals surface area (Å²) < 4.78 is 0. The van der Waals surface area contributed by atoms with Crippen molar-refractivity contribution in [2.45, 2.75) is 29.7 Å². The second-order valence-corrected chi connectivity index (χ2v) is 6.08. The second-order valence-electron chi connectivity index (χ2n) is 5.02. The highest BCUT2D eigenvalue weighted by Gasteiger charge is 2.29. The van der Waals surface area contributed by atoms with Crippen LogP contribution in [0.4, 0.5) is 0 Å². The topological polar surface area (TPSA) is 23.5 Å². The number of nitrogens with zero attached hydrogens (tertiary/aromatic N) is 1. The summed E-state index contributed by atoms with van der Waals surface area (Å²) >= 11 is 1.98. The summed E-state index contributed by atoms with van der Waals surface area (Å²) in [5.74, 6) is 1.86. The van der Waals surface area contributed by atoms with Crippen molar-refractivity contribution < 1.29 is 5.11 Å². The lowest BCUT2D eigenvalue weighted by atomic mass is 10.0. The molecule has 3 heteroatoms. The third-order valence-corrected chi connectivity index (χ3v) is 5.22. The monoisotopic (exact) mass is 249 g/mol. The van der Waals surface area contributed by atoms with E-state index < -0.39 is 0 Å². The molecule has 2 nitrogen and oxygen atoms in total. The third kappa shape index (κ3) is 2.24. The van der Waals surface area contributed by atoms with Crippen molar-refractivity contribution in [1.82, 2.24) is 4.90 Å². The average Bonchev–Trinajstić information content (AvgIpc) is 2.97. The second kappa shape index (κ2) is 5.01. The van der Waals surface area contributed by atoms with E-state index in [-0.39, 0.29) is 0 Å². The number of rotatable bonds is 3. The Labute approximate surface area is 107 Å². The van der Waals surface area contributed by atoms with Gasteiger partial charge < -0.3 is 5.11 Å². The van der Waals surface area contributed by atoms with Crippen LogP contribution >= 0.6 is 11.8 Å². The van der Waals surface area contributed by atoms with Crippen LogP contribution in [-0.4, -0.2) is 41.5 Å². The zero-order valence-electron chi connectivity index (χ0n) is 10.0. The molecule has 0 aromatic heterocycles. The zero-order valence-corrected chi connectivity index (χ0v) is 10.8. The Balaban J connectivity index is 1.71. The Hall–Kier alpha value is -0.510. The lowest BCUT2D eigenvalue weighted by Crippen LogP contribution is -2.35. The molecule has 17 heavy (non-hydrogen) atoms. The minimum atomic E-state index is 0.321. The Kier molecular flexibility index (Phi) is 3.41. The Morgan fingerprint density at radius 3 is 3.12 bits per heavy atom. The normalized spacial score (nSPS) is 28.5. The predicted molar refractivity (Wildman–Crippen MR) is 71.6 cm³/mol. The number of aliphatic hydroxyl groups is 1. The third-order valence-electron chi connectivity index (χ3n) is 3.96. The van der Waals surface area contributed by atoms with E-state index in [1.54, 1.807) is 0 Å².